The standard InChI is InChI=1S/C22H26N2O4/c1-15(2)13-24-18-12-16(23-21(26)28-17-8-6-5-7-9-17)10-11-19(18)27-14-22(3,4)20(24)25/h5-12,15H,13-14H2,1-4H3,(H,23,26). The van der Waals surface area contributed by atoms with Crippen molar-refractivity contribution in [3.05, 3.63) is 48.5 Å². The van der Waals surface area contributed by atoms with Crippen molar-refractivity contribution in [3.63, 3.8) is 0 Å². The van der Waals surface area contributed by atoms with Gasteiger partial charge in [0.15, 0.2) is 0 Å². The van der Waals surface area contributed by atoms with Crippen LogP contribution in [0.15, 0.2) is 48.5 Å². The molecule has 2 aromatic rings. The zero-order valence-electron chi connectivity index (χ0n) is 16.7. The summed E-state index contributed by atoms with van der Waals surface area (Å²) in [6.07, 6.45) is -0.595. The number of benzene rings is 2. The first-order valence-corrected chi connectivity index (χ1v) is 9.39. The van der Waals surface area contributed by atoms with E-state index in [1.807, 2.05) is 19.9 Å². The van der Waals surface area contributed by atoms with Crippen molar-refractivity contribution < 1.29 is 19.1 Å². The van der Waals surface area contributed by atoms with Gasteiger partial charge in [-0.2, -0.15) is 0 Å². The maximum absolute atomic E-state index is 13.1. The van der Waals surface area contributed by atoms with E-state index >= 15 is 0 Å². The van der Waals surface area contributed by atoms with Crippen LogP contribution in [0.5, 0.6) is 11.5 Å². The lowest BCUT2D eigenvalue weighted by atomic mass is 9.92. The molecule has 1 aliphatic rings. The Balaban J connectivity index is 1.85. The van der Waals surface area contributed by atoms with Gasteiger partial charge in [0.1, 0.15) is 18.1 Å². The lowest BCUT2D eigenvalue weighted by Gasteiger charge is -2.29. The van der Waals surface area contributed by atoms with Crippen molar-refractivity contribution in [1.82, 2.24) is 0 Å². The molecule has 0 fully saturated rings. The fraction of sp³-hybridized carbons (Fsp3) is 0.364. The van der Waals surface area contributed by atoms with Gasteiger partial charge >= 0.3 is 6.09 Å². The third-order valence-electron chi connectivity index (χ3n) is 4.41. The molecule has 0 saturated heterocycles. The molecule has 2 amide bonds. The SMILES string of the molecule is CC(C)CN1C(=O)C(C)(C)COc2ccc(NC(=O)Oc3ccccc3)cc21. The first kappa shape index (κ1) is 19.7. The second kappa shape index (κ2) is 7.92. The number of nitrogens with zero attached hydrogens (tertiary/aromatic N) is 1. The molecule has 148 valence electrons. The lowest BCUT2D eigenvalue weighted by Crippen LogP contribution is -2.43. The Morgan fingerprint density at radius 2 is 1.93 bits per heavy atom. The summed E-state index contributed by atoms with van der Waals surface area (Å²) in [6, 6.07) is 14.1. The minimum atomic E-state index is -0.631. The second-order valence-electron chi connectivity index (χ2n) is 7.99. The number of fused-ring (bicyclic) bond motifs is 1. The first-order valence-electron chi connectivity index (χ1n) is 9.39. The minimum absolute atomic E-state index is 0.00367. The van der Waals surface area contributed by atoms with Crippen molar-refractivity contribution in [2.75, 3.05) is 23.4 Å². The van der Waals surface area contributed by atoms with Gasteiger partial charge in [-0.25, -0.2) is 4.79 Å². The van der Waals surface area contributed by atoms with Crippen molar-refractivity contribution >= 4 is 23.4 Å². The molecule has 0 unspecified atom stereocenters. The van der Waals surface area contributed by atoms with Gasteiger partial charge < -0.3 is 14.4 Å². The molecule has 6 heteroatoms. The summed E-state index contributed by atoms with van der Waals surface area (Å²) in [5.74, 6) is 1.37. The summed E-state index contributed by atoms with van der Waals surface area (Å²) in [7, 11) is 0. The molecular formula is C22H26N2O4. The first-order chi connectivity index (χ1) is 13.3. The van der Waals surface area contributed by atoms with Crippen LogP contribution in [0.3, 0.4) is 0 Å². The molecule has 0 aromatic heterocycles. The van der Waals surface area contributed by atoms with Crippen LogP contribution in [-0.4, -0.2) is 25.2 Å². The van der Waals surface area contributed by atoms with Crippen LogP contribution in [0.1, 0.15) is 27.7 Å². The highest BCUT2D eigenvalue weighted by Gasteiger charge is 2.38. The number of amides is 2. The number of ether oxygens (including phenoxy) is 2. The summed E-state index contributed by atoms with van der Waals surface area (Å²) in [6.45, 7) is 8.75. The van der Waals surface area contributed by atoms with Crippen LogP contribution in [0.2, 0.25) is 0 Å². The highest BCUT2D eigenvalue weighted by atomic mass is 16.6. The van der Waals surface area contributed by atoms with Crippen LogP contribution in [-0.2, 0) is 4.79 Å². The van der Waals surface area contributed by atoms with E-state index in [0.717, 1.165) is 0 Å². The van der Waals surface area contributed by atoms with Gasteiger partial charge in [0.25, 0.3) is 0 Å². The van der Waals surface area contributed by atoms with Gasteiger partial charge in [0.05, 0.1) is 11.1 Å². The van der Waals surface area contributed by atoms with Gasteiger partial charge in [-0.1, -0.05) is 32.0 Å². The Morgan fingerprint density at radius 3 is 2.61 bits per heavy atom. The van der Waals surface area contributed by atoms with Crippen LogP contribution < -0.4 is 19.7 Å². The Bertz CT molecular complexity index is 862. The van der Waals surface area contributed by atoms with Crippen LogP contribution in [0, 0.1) is 11.3 Å². The Hall–Kier alpha value is -3.02. The Morgan fingerprint density at radius 1 is 1.21 bits per heavy atom. The molecule has 0 radical (unpaired) electrons. The largest absolute Gasteiger partial charge is 0.490 e. The molecule has 0 atom stereocenters. The van der Waals surface area contributed by atoms with Crippen molar-refractivity contribution in [3.8, 4) is 11.5 Å². The van der Waals surface area contributed by atoms with Crippen LogP contribution in [0.4, 0.5) is 16.2 Å². The molecule has 28 heavy (non-hydrogen) atoms. The van der Waals surface area contributed by atoms with Crippen LogP contribution >= 0.6 is 0 Å². The van der Waals surface area contributed by atoms with Crippen LogP contribution in [0.25, 0.3) is 0 Å². The van der Waals surface area contributed by atoms with E-state index in [-0.39, 0.29) is 11.8 Å². The fourth-order valence-electron chi connectivity index (χ4n) is 3.01. The molecule has 6 nitrogen and oxygen atoms in total. The number of hydrogen-bond donors (Lipinski definition) is 1. The molecule has 0 aliphatic carbocycles. The quantitative estimate of drug-likeness (QED) is 0.832. The van der Waals surface area contributed by atoms with E-state index in [9.17, 15) is 9.59 Å². The average Bonchev–Trinajstić information content (AvgIpc) is 2.73. The topological polar surface area (TPSA) is 67.9 Å². The Kier molecular flexibility index (Phi) is 5.58. The van der Waals surface area contributed by atoms with Crippen molar-refractivity contribution in [1.29, 1.82) is 0 Å². The smallest absolute Gasteiger partial charge is 0.417 e. The van der Waals surface area contributed by atoms with E-state index in [0.29, 0.717) is 36.0 Å². The van der Waals surface area contributed by atoms with Crippen molar-refractivity contribution in [2.24, 2.45) is 11.3 Å². The highest BCUT2D eigenvalue weighted by Crippen LogP contribution is 2.38. The van der Waals surface area contributed by atoms with E-state index in [4.69, 9.17) is 9.47 Å². The third-order valence-corrected chi connectivity index (χ3v) is 4.41. The number of anilines is 2. The molecule has 1 heterocycles. The number of hydrogen-bond acceptors (Lipinski definition) is 4. The maximum Gasteiger partial charge on any atom is 0.417 e. The average molecular weight is 382 g/mol. The van der Waals surface area contributed by atoms with Gasteiger partial charge in [-0.3, -0.25) is 10.1 Å². The summed E-state index contributed by atoms with van der Waals surface area (Å²) in [4.78, 5) is 27.0. The van der Waals surface area contributed by atoms with Crippen molar-refractivity contribution in [2.45, 2.75) is 27.7 Å². The maximum atomic E-state index is 13.1. The number of carbonyl (C=O) groups is 2. The summed E-state index contributed by atoms with van der Waals surface area (Å²) in [5, 5.41) is 2.72. The predicted molar refractivity (Wildman–Crippen MR) is 109 cm³/mol. The second-order valence-corrected chi connectivity index (χ2v) is 7.99. The predicted octanol–water partition coefficient (Wildman–Crippen LogP) is 4.71. The Labute approximate surface area is 165 Å². The van der Waals surface area contributed by atoms with E-state index in [1.165, 1.54) is 0 Å². The monoisotopic (exact) mass is 382 g/mol. The molecule has 0 spiro atoms. The number of carbonyl (C=O) groups excluding carboxylic acids is 2. The highest BCUT2D eigenvalue weighted by molar-refractivity contribution is 6.00. The zero-order valence-corrected chi connectivity index (χ0v) is 16.7. The van der Waals surface area contributed by atoms with Gasteiger partial charge in [0, 0.05) is 12.2 Å². The number of rotatable bonds is 4. The molecule has 0 saturated carbocycles. The van der Waals surface area contributed by atoms with E-state index in [2.05, 4.69) is 19.2 Å². The zero-order chi connectivity index (χ0) is 20.3. The molecule has 0 bridgehead atoms. The molecule has 3 rings (SSSR count). The van der Waals surface area contributed by atoms with Gasteiger partial charge in [-0.05, 0) is 50.1 Å². The van der Waals surface area contributed by atoms with Gasteiger partial charge in [-0.15, -0.1) is 0 Å². The third kappa shape index (κ3) is 4.44. The molecule has 1 aliphatic heterocycles. The summed E-state index contributed by atoms with van der Waals surface area (Å²) in [5.41, 5.74) is 0.555. The molecule has 2 aromatic carbocycles. The summed E-state index contributed by atoms with van der Waals surface area (Å²) >= 11 is 0. The fourth-order valence-corrected chi connectivity index (χ4v) is 3.01. The van der Waals surface area contributed by atoms with Gasteiger partial charge in [0.2, 0.25) is 5.91 Å². The number of para-hydroxylation sites is 1. The molecule has 1 N–H and O–H groups in total. The summed E-state index contributed by atoms with van der Waals surface area (Å²) < 4.78 is 11.2. The van der Waals surface area contributed by atoms with E-state index < -0.39 is 11.5 Å². The normalized spacial score (nSPS) is 15.5. The lowest BCUT2D eigenvalue weighted by molar-refractivity contribution is -0.127. The number of nitrogens with one attached hydrogen (secondary N) is 1. The molecular weight excluding hydrogens is 356 g/mol. The minimum Gasteiger partial charge on any atom is -0.490 e. The van der Waals surface area contributed by atoms with E-state index in [1.54, 1.807) is 47.4 Å².